The van der Waals surface area contributed by atoms with E-state index >= 15 is 0 Å². The maximum Gasteiger partial charge on any atom is 0.220 e. The second kappa shape index (κ2) is 25.9. The van der Waals surface area contributed by atoms with Gasteiger partial charge in [-0.3, -0.25) is 4.79 Å². The molecule has 270 valence electrons. The third-order valence-corrected chi connectivity index (χ3v) is 9.62. The van der Waals surface area contributed by atoms with Crippen LogP contribution < -0.4 is 5.32 Å². The average Bonchev–Trinajstić information content (AvgIpc) is 3.15. The van der Waals surface area contributed by atoms with Gasteiger partial charge < -0.3 is 14.8 Å². The molecule has 0 aromatic heterocycles. The van der Waals surface area contributed by atoms with Gasteiger partial charge in [-0.1, -0.05) is 208 Å². The van der Waals surface area contributed by atoms with E-state index in [0.717, 1.165) is 36.0 Å². The zero-order chi connectivity index (χ0) is 34.7. The molecule has 4 nitrogen and oxygen atoms in total. The molecule has 0 aliphatic carbocycles. The SMILES string of the molecule is CCCCCCCCCCCCCCCCCCCC(=O)NCC(COC(c1ccccc1)(c1ccccc1)c1ccccc1)OCCC. The largest absolute Gasteiger partial charge is 0.374 e. The maximum absolute atomic E-state index is 12.8. The molecule has 0 aliphatic rings. The highest BCUT2D eigenvalue weighted by atomic mass is 16.5. The van der Waals surface area contributed by atoms with Crippen LogP contribution in [0.5, 0.6) is 0 Å². The molecule has 0 saturated carbocycles. The van der Waals surface area contributed by atoms with E-state index in [1.807, 2.05) is 18.2 Å². The molecule has 3 aromatic rings. The monoisotopic (exact) mass is 670 g/mol. The summed E-state index contributed by atoms with van der Waals surface area (Å²) in [5.74, 6) is 0.103. The summed E-state index contributed by atoms with van der Waals surface area (Å²) in [6, 6.07) is 31.2. The van der Waals surface area contributed by atoms with Gasteiger partial charge in [-0.2, -0.15) is 0 Å². The summed E-state index contributed by atoms with van der Waals surface area (Å²) in [5.41, 5.74) is 2.37. The molecule has 0 bridgehead atoms. The second-order valence-corrected chi connectivity index (χ2v) is 13.8. The molecular formula is C45H67NO3. The Hall–Kier alpha value is -2.95. The number of unbranched alkanes of at least 4 members (excludes halogenated alkanes) is 16. The zero-order valence-electron chi connectivity index (χ0n) is 31.0. The number of nitrogens with one attached hydrogen (secondary N) is 1. The van der Waals surface area contributed by atoms with E-state index in [1.54, 1.807) is 0 Å². The summed E-state index contributed by atoms with van der Waals surface area (Å²) in [7, 11) is 0. The third kappa shape index (κ3) is 15.6. The summed E-state index contributed by atoms with van der Waals surface area (Å²) in [6.45, 7) is 5.80. The Bertz CT molecular complexity index is 1100. The van der Waals surface area contributed by atoms with Crippen LogP contribution in [-0.2, 0) is 19.9 Å². The molecule has 3 rings (SSSR count). The summed E-state index contributed by atoms with van der Waals surface area (Å²) in [5, 5.41) is 3.16. The van der Waals surface area contributed by atoms with Crippen molar-refractivity contribution in [2.45, 2.75) is 148 Å². The number of ether oxygens (including phenoxy) is 2. The van der Waals surface area contributed by atoms with Crippen LogP contribution in [0, 0.1) is 0 Å². The van der Waals surface area contributed by atoms with Crippen molar-refractivity contribution in [3.05, 3.63) is 108 Å². The van der Waals surface area contributed by atoms with Crippen LogP contribution in [0.2, 0.25) is 0 Å². The highest BCUT2D eigenvalue weighted by Crippen LogP contribution is 2.40. The molecule has 49 heavy (non-hydrogen) atoms. The lowest BCUT2D eigenvalue weighted by Gasteiger charge is -2.37. The van der Waals surface area contributed by atoms with E-state index in [-0.39, 0.29) is 12.0 Å². The Morgan fingerprint density at radius 2 is 0.939 bits per heavy atom. The predicted octanol–water partition coefficient (Wildman–Crippen LogP) is 11.9. The summed E-state index contributed by atoms with van der Waals surface area (Å²) in [6.07, 6.45) is 24.0. The van der Waals surface area contributed by atoms with Gasteiger partial charge in [0.2, 0.25) is 5.91 Å². The molecule has 3 aromatic carbocycles. The van der Waals surface area contributed by atoms with E-state index in [0.29, 0.717) is 26.2 Å². The van der Waals surface area contributed by atoms with Gasteiger partial charge in [-0.05, 0) is 29.5 Å². The van der Waals surface area contributed by atoms with Crippen LogP contribution >= 0.6 is 0 Å². The van der Waals surface area contributed by atoms with E-state index in [9.17, 15) is 4.79 Å². The van der Waals surface area contributed by atoms with Crippen LogP contribution in [0.4, 0.5) is 0 Å². The lowest BCUT2D eigenvalue weighted by molar-refractivity contribution is -0.122. The molecule has 1 N–H and O–H groups in total. The maximum atomic E-state index is 12.8. The van der Waals surface area contributed by atoms with E-state index in [1.165, 1.54) is 96.3 Å². The quantitative estimate of drug-likeness (QED) is 0.0591. The molecule has 1 unspecified atom stereocenters. The first-order valence-electron chi connectivity index (χ1n) is 19.9. The molecule has 0 heterocycles. The minimum atomic E-state index is -0.811. The minimum absolute atomic E-state index is 0.103. The smallest absolute Gasteiger partial charge is 0.220 e. The number of carbonyl (C=O) groups excluding carboxylic acids is 1. The molecule has 0 fully saturated rings. The average molecular weight is 670 g/mol. The number of hydrogen-bond acceptors (Lipinski definition) is 3. The topological polar surface area (TPSA) is 47.6 Å². The molecule has 0 aliphatic heterocycles. The first-order valence-corrected chi connectivity index (χ1v) is 19.9. The first-order chi connectivity index (χ1) is 24.2. The summed E-state index contributed by atoms with van der Waals surface area (Å²) >= 11 is 0. The Balaban J connectivity index is 1.38. The van der Waals surface area contributed by atoms with Gasteiger partial charge in [0.25, 0.3) is 0 Å². The molecule has 4 heteroatoms. The number of rotatable bonds is 29. The van der Waals surface area contributed by atoms with Crippen molar-refractivity contribution in [2.75, 3.05) is 19.8 Å². The molecule has 0 saturated heterocycles. The van der Waals surface area contributed by atoms with Crippen molar-refractivity contribution in [1.29, 1.82) is 0 Å². The van der Waals surface area contributed by atoms with Crippen LogP contribution in [0.25, 0.3) is 0 Å². The molecule has 0 radical (unpaired) electrons. The van der Waals surface area contributed by atoms with Crippen LogP contribution in [0.1, 0.15) is 153 Å². The summed E-state index contributed by atoms with van der Waals surface area (Å²) < 4.78 is 13.2. The summed E-state index contributed by atoms with van der Waals surface area (Å²) in [4.78, 5) is 12.8. The number of amides is 1. The lowest BCUT2D eigenvalue weighted by Crippen LogP contribution is -2.41. The molecule has 0 spiro atoms. The van der Waals surface area contributed by atoms with Crippen LogP contribution in [0.15, 0.2) is 91.0 Å². The Labute approximate surface area is 299 Å². The van der Waals surface area contributed by atoms with Gasteiger partial charge in [-0.25, -0.2) is 0 Å². The zero-order valence-corrected chi connectivity index (χ0v) is 31.0. The highest BCUT2D eigenvalue weighted by molar-refractivity contribution is 5.75. The normalized spacial score (nSPS) is 12.2. The van der Waals surface area contributed by atoms with Crippen molar-refractivity contribution in [2.24, 2.45) is 0 Å². The van der Waals surface area contributed by atoms with Gasteiger partial charge in [0.15, 0.2) is 0 Å². The second-order valence-electron chi connectivity index (χ2n) is 13.8. The van der Waals surface area contributed by atoms with Crippen LogP contribution in [0.3, 0.4) is 0 Å². The van der Waals surface area contributed by atoms with Crippen molar-refractivity contribution in [3.63, 3.8) is 0 Å². The standard InChI is InChI=1S/C45H67NO3/c1-3-5-6-7-8-9-10-11-12-13-14-15-16-17-18-19-29-36-44(47)46-38-43(48-37-4-2)39-49-45(40-30-23-20-24-31-40,41-32-25-21-26-33-41)42-34-27-22-28-35-42/h20-28,30-35,43H,3-19,29,36-39H2,1-2H3,(H,46,47). The Morgan fingerprint density at radius 3 is 1.33 bits per heavy atom. The molecule has 1 amide bonds. The van der Waals surface area contributed by atoms with Crippen molar-refractivity contribution < 1.29 is 14.3 Å². The minimum Gasteiger partial charge on any atom is -0.374 e. The third-order valence-electron chi connectivity index (χ3n) is 9.62. The predicted molar refractivity (Wildman–Crippen MR) is 207 cm³/mol. The van der Waals surface area contributed by atoms with E-state index in [2.05, 4.69) is 92.0 Å². The van der Waals surface area contributed by atoms with E-state index < -0.39 is 5.60 Å². The number of hydrogen-bond donors (Lipinski definition) is 1. The van der Waals surface area contributed by atoms with Gasteiger partial charge in [0.05, 0.1) is 12.7 Å². The van der Waals surface area contributed by atoms with Crippen molar-refractivity contribution >= 4 is 5.91 Å². The van der Waals surface area contributed by atoms with Gasteiger partial charge in [0.1, 0.15) is 5.60 Å². The van der Waals surface area contributed by atoms with Gasteiger partial charge in [-0.15, -0.1) is 0 Å². The number of carbonyl (C=O) groups is 1. The van der Waals surface area contributed by atoms with Gasteiger partial charge >= 0.3 is 0 Å². The molecule has 1 atom stereocenters. The fourth-order valence-corrected chi connectivity index (χ4v) is 6.76. The van der Waals surface area contributed by atoms with Crippen molar-refractivity contribution in [3.8, 4) is 0 Å². The fraction of sp³-hybridized carbons (Fsp3) is 0.578. The van der Waals surface area contributed by atoms with Gasteiger partial charge in [0, 0.05) is 19.6 Å². The Kier molecular flexibility index (Phi) is 21.4. The fourth-order valence-electron chi connectivity index (χ4n) is 6.76. The van der Waals surface area contributed by atoms with E-state index in [4.69, 9.17) is 9.47 Å². The highest BCUT2D eigenvalue weighted by Gasteiger charge is 2.38. The lowest BCUT2D eigenvalue weighted by atomic mass is 9.80. The number of benzene rings is 3. The van der Waals surface area contributed by atoms with Crippen molar-refractivity contribution in [1.82, 2.24) is 5.32 Å². The molecular weight excluding hydrogens is 602 g/mol. The van der Waals surface area contributed by atoms with Crippen LogP contribution in [-0.4, -0.2) is 31.8 Å². The first kappa shape index (κ1) is 40.5. The Morgan fingerprint density at radius 1 is 0.551 bits per heavy atom.